The Hall–Kier alpha value is -3.27. The molecule has 10 nitrogen and oxygen atoms in total. The molecule has 0 fully saturated rings. The molecule has 4 N–H and O–H groups in total. The molecule has 182 valence electrons. The lowest BCUT2D eigenvalue weighted by Gasteiger charge is -2.18. The fourth-order valence-electron chi connectivity index (χ4n) is 3.02. The molecule has 12 heteroatoms. The lowest BCUT2D eigenvalue weighted by atomic mass is 10.1. The van der Waals surface area contributed by atoms with Crippen LogP contribution in [0.15, 0.2) is 48.4 Å². The molecule has 0 bridgehead atoms. The Bertz CT molecular complexity index is 1210. The largest absolute Gasteiger partial charge is 0.359 e. The first-order valence-corrected chi connectivity index (χ1v) is 16.3. The Morgan fingerprint density at radius 1 is 1.24 bits per heavy atom. The van der Waals surface area contributed by atoms with E-state index in [1.165, 1.54) is 0 Å². The second kappa shape index (κ2) is 10.8. The molecule has 0 saturated carbocycles. The average Bonchev–Trinajstić information content (AvgIpc) is 3.14. The van der Waals surface area contributed by atoms with Crippen molar-refractivity contribution in [3.05, 3.63) is 54.0 Å². The second-order valence-electron chi connectivity index (χ2n) is 8.95. The minimum atomic E-state index is -3.38. The average molecular weight is 502 g/mol. The second-order valence-corrected chi connectivity index (χ2v) is 16.6. The zero-order valence-electron chi connectivity index (χ0n) is 19.8. The first kappa shape index (κ1) is 25.4. The van der Waals surface area contributed by atoms with E-state index in [-0.39, 0.29) is 12.5 Å². The highest BCUT2D eigenvalue weighted by molar-refractivity contribution is 7.92. The Morgan fingerprint density at radius 2 is 1.97 bits per heavy atom. The summed E-state index contributed by atoms with van der Waals surface area (Å²) in [5.74, 6) is 1.13. The molecule has 0 unspecified atom stereocenters. The van der Waals surface area contributed by atoms with Crippen LogP contribution in [0.4, 0.5) is 11.5 Å². The molecule has 2 aromatic rings. The van der Waals surface area contributed by atoms with Gasteiger partial charge in [-0.25, -0.2) is 13.1 Å². The molecule has 0 radical (unpaired) electrons. The summed E-state index contributed by atoms with van der Waals surface area (Å²) in [5, 5.41) is 17.9. The van der Waals surface area contributed by atoms with Crippen molar-refractivity contribution in [2.45, 2.75) is 39.3 Å². The van der Waals surface area contributed by atoms with E-state index in [4.69, 9.17) is 4.74 Å². The summed E-state index contributed by atoms with van der Waals surface area (Å²) in [7, 11) is -4.62. The quantitative estimate of drug-likeness (QED) is 0.272. The van der Waals surface area contributed by atoms with Gasteiger partial charge in [0.15, 0.2) is 5.82 Å². The van der Waals surface area contributed by atoms with Crippen molar-refractivity contribution in [1.29, 1.82) is 5.26 Å². The number of nitrogens with zero attached hydrogens (tertiary/aromatic N) is 3. The molecule has 0 aliphatic carbocycles. The SMILES string of the molecule is CCS(=O)(=O)Nc1ccc(-c2nn(COCC[Si](C)(C)C)c(NC3=CC=CNN3)c2C#N)cc1. The van der Waals surface area contributed by atoms with Crippen LogP contribution in [0, 0.1) is 11.3 Å². The van der Waals surface area contributed by atoms with Gasteiger partial charge in [0.1, 0.15) is 29.9 Å². The smallest absolute Gasteiger partial charge is 0.232 e. The van der Waals surface area contributed by atoms with Gasteiger partial charge in [0, 0.05) is 32.1 Å². The number of nitriles is 1. The molecule has 0 amide bonds. The minimum absolute atomic E-state index is 0.0155. The Kier molecular flexibility index (Phi) is 8.03. The van der Waals surface area contributed by atoms with Crippen LogP contribution < -0.4 is 20.9 Å². The molecule has 0 saturated heterocycles. The fraction of sp³-hybridized carbons (Fsp3) is 0.364. The summed E-state index contributed by atoms with van der Waals surface area (Å²) in [6.07, 6.45) is 5.40. The molecule has 3 rings (SSSR count). The molecule has 1 aromatic heterocycles. The van der Waals surface area contributed by atoms with Crippen LogP contribution in [-0.2, 0) is 21.5 Å². The molecule has 1 aliphatic rings. The van der Waals surface area contributed by atoms with E-state index in [0.29, 0.717) is 40.8 Å². The van der Waals surface area contributed by atoms with E-state index in [1.54, 1.807) is 42.1 Å². The van der Waals surface area contributed by atoms with Gasteiger partial charge in [-0.05, 0) is 37.3 Å². The maximum atomic E-state index is 11.8. The number of nitrogens with one attached hydrogen (secondary N) is 4. The lowest BCUT2D eigenvalue weighted by Crippen LogP contribution is -2.32. The van der Waals surface area contributed by atoms with E-state index >= 15 is 0 Å². The minimum Gasteiger partial charge on any atom is -0.359 e. The number of ether oxygens (including phenoxy) is 1. The summed E-state index contributed by atoms with van der Waals surface area (Å²) >= 11 is 0. The standard InChI is InChI=1S/C22H31N7O3SSi/c1-5-33(30,31)28-18-10-8-17(9-11-18)21-19(15-23)22(25-20-7-6-12-24-26-20)29(27-21)16-32-13-14-34(2,3)4/h6-12,24-26,28H,5,13-14,16H2,1-4H3. The van der Waals surface area contributed by atoms with E-state index in [2.05, 4.69) is 51.7 Å². The van der Waals surface area contributed by atoms with E-state index in [1.807, 2.05) is 12.2 Å². The summed E-state index contributed by atoms with van der Waals surface area (Å²) in [6.45, 7) is 9.24. The Morgan fingerprint density at radius 3 is 2.56 bits per heavy atom. The summed E-state index contributed by atoms with van der Waals surface area (Å²) in [4.78, 5) is 0. The predicted molar refractivity (Wildman–Crippen MR) is 137 cm³/mol. The van der Waals surface area contributed by atoms with Gasteiger partial charge in [-0.2, -0.15) is 10.4 Å². The zero-order valence-corrected chi connectivity index (χ0v) is 21.7. The third kappa shape index (κ3) is 6.86. The topological polar surface area (TPSA) is 133 Å². The maximum absolute atomic E-state index is 11.8. The molecule has 1 aromatic carbocycles. The number of sulfonamides is 1. The Balaban J connectivity index is 1.91. The number of benzene rings is 1. The van der Waals surface area contributed by atoms with Crippen molar-refractivity contribution in [2.75, 3.05) is 22.4 Å². The lowest BCUT2D eigenvalue weighted by molar-refractivity contribution is 0.0802. The summed E-state index contributed by atoms with van der Waals surface area (Å²) < 4.78 is 33.7. The van der Waals surface area contributed by atoms with Gasteiger partial charge >= 0.3 is 0 Å². The van der Waals surface area contributed by atoms with Crippen LogP contribution in [-0.4, -0.2) is 38.6 Å². The van der Waals surface area contributed by atoms with Crippen LogP contribution in [0.5, 0.6) is 0 Å². The van der Waals surface area contributed by atoms with Crippen molar-refractivity contribution in [1.82, 2.24) is 20.6 Å². The molecule has 34 heavy (non-hydrogen) atoms. The van der Waals surface area contributed by atoms with Crippen molar-refractivity contribution < 1.29 is 13.2 Å². The van der Waals surface area contributed by atoms with Crippen LogP contribution in [0.1, 0.15) is 12.5 Å². The normalized spacial score (nSPS) is 13.4. The van der Waals surface area contributed by atoms with E-state index in [9.17, 15) is 13.7 Å². The van der Waals surface area contributed by atoms with Gasteiger partial charge in [-0.15, -0.1) is 0 Å². The number of hydrogen-bond donors (Lipinski definition) is 4. The number of anilines is 2. The van der Waals surface area contributed by atoms with Crippen LogP contribution in [0.3, 0.4) is 0 Å². The molecule has 1 aliphatic heterocycles. The number of hydrogen-bond acceptors (Lipinski definition) is 8. The fourth-order valence-corrected chi connectivity index (χ4v) is 4.42. The highest BCUT2D eigenvalue weighted by atomic mass is 32.2. The first-order valence-electron chi connectivity index (χ1n) is 11.0. The van der Waals surface area contributed by atoms with Crippen LogP contribution >= 0.6 is 0 Å². The third-order valence-electron chi connectivity index (χ3n) is 4.99. The number of allylic oxidation sites excluding steroid dienone is 2. The van der Waals surface area contributed by atoms with Crippen LogP contribution in [0.2, 0.25) is 25.7 Å². The van der Waals surface area contributed by atoms with Gasteiger partial charge < -0.3 is 15.5 Å². The van der Waals surface area contributed by atoms with Gasteiger partial charge in [0.25, 0.3) is 0 Å². The monoisotopic (exact) mass is 501 g/mol. The van der Waals surface area contributed by atoms with E-state index < -0.39 is 18.1 Å². The molecule has 2 heterocycles. The van der Waals surface area contributed by atoms with Crippen molar-refractivity contribution in [3.63, 3.8) is 0 Å². The zero-order chi connectivity index (χ0) is 24.8. The van der Waals surface area contributed by atoms with Crippen molar-refractivity contribution >= 4 is 29.6 Å². The van der Waals surface area contributed by atoms with Crippen molar-refractivity contribution in [3.8, 4) is 17.3 Å². The van der Waals surface area contributed by atoms with Gasteiger partial charge in [0.2, 0.25) is 10.0 Å². The van der Waals surface area contributed by atoms with Gasteiger partial charge in [-0.3, -0.25) is 10.1 Å². The summed E-state index contributed by atoms with van der Waals surface area (Å²) in [5.41, 5.74) is 7.84. The highest BCUT2D eigenvalue weighted by Gasteiger charge is 2.21. The first-order chi connectivity index (χ1) is 16.1. The predicted octanol–water partition coefficient (Wildman–Crippen LogP) is 3.37. The van der Waals surface area contributed by atoms with Crippen LogP contribution in [0.25, 0.3) is 11.3 Å². The number of hydrazine groups is 1. The molecule has 0 atom stereocenters. The number of aromatic nitrogens is 2. The molecule has 0 spiro atoms. The highest BCUT2D eigenvalue weighted by Crippen LogP contribution is 2.30. The summed E-state index contributed by atoms with van der Waals surface area (Å²) in [6, 6.07) is 10.0. The molecular formula is C22H31N7O3SSi. The number of rotatable bonds is 11. The maximum Gasteiger partial charge on any atom is 0.232 e. The molecular weight excluding hydrogens is 470 g/mol. The van der Waals surface area contributed by atoms with Gasteiger partial charge in [-0.1, -0.05) is 31.8 Å². The van der Waals surface area contributed by atoms with E-state index in [0.717, 1.165) is 6.04 Å². The third-order valence-corrected chi connectivity index (χ3v) is 8.00. The van der Waals surface area contributed by atoms with Gasteiger partial charge in [0.05, 0.1) is 5.75 Å². The Labute approximate surface area is 201 Å². The van der Waals surface area contributed by atoms with Crippen molar-refractivity contribution in [2.24, 2.45) is 0 Å².